The van der Waals surface area contributed by atoms with Gasteiger partial charge in [-0.15, -0.1) is 0 Å². The Bertz CT molecular complexity index is 2830. The Morgan fingerprint density at radius 1 is 0.419 bits per heavy atom. The summed E-state index contributed by atoms with van der Waals surface area (Å²) in [7, 11) is 0. The molecule has 0 aliphatic heterocycles. The second-order valence-electron chi connectivity index (χ2n) is 10.7. The molecule has 0 bridgehead atoms. The minimum atomic E-state index is -0.471. The fourth-order valence-corrected chi connectivity index (χ4v) is 6.55. The molecule has 1 heteroatoms. The monoisotopic (exact) mass is 553 g/mol. The topological polar surface area (TPSA) is 13.1 Å². The first-order valence-electron chi connectivity index (χ1n) is 17.7. The van der Waals surface area contributed by atoms with E-state index in [9.17, 15) is 1.37 Å². The van der Waals surface area contributed by atoms with Gasteiger partial charge in [0.25, 0.3) is 0 Å². The molecule has 0 spiro atoms. The van der Waals surface area contributed by atoms with E-state index in [1.807, 2.05) is 84.9 Å². The molecule has 0 aliphatic carbocycles. The first kappa shape index (κ1) is 18.0. The lowest BCUT2D eigenvalue weighted by molar-refractivity contribution is 0.669. The Morgan fingerprint density at radius 2 is 1.09 bits per heavy atom. The number of hydrogen-bond donors (Lipinski definition) is 0. The molecule has 200 valence electrons. The molecule has 0 aliphatic rings. The lowest BCUT2D eigenvalue weighted by Crippen LogP contribution is -1.91. The fraction of sp³-hybridized carbons (Fsp3) is 0. The predicted molar refractivity (Wildman–Crippen MR) is 183 cm³/mol. The summed E-state index contributed by atoms with van der Waals surface area (Å²) in [5.41, 5.74) is 6.48. The zero-order valence-electron chi connectivity index (χ0n) is 29.9. The number of fused-ring (bicyclic) bond motifs is 6. The van der Waals surface area contributed by atoms with Gasteiger partial charge < -0.3 is 4.42 Å². The largest absolute Gasteiger partial charge is 0.456 e. The quantitative estimate of drug-likeness (QED) is 0.198. The molecular formula is C42H26O. The van der Waals surface area contributed by atoms with Crippen LogP contribution >= 0.6 is 0 Å². The summed E-state index contributed by atoms with van der Waals surface area (Å²) < 4.78 is 67.4. The molecule has 1 nitrogen and oxygen atoms in total. The van der Waals surface area contributed by atoms with E-state index in [1.54, 1.807) is 0 Å². The highest BCUT2D eigenvalue weighted by Crippen LogP contribution is 2.46. The fourth-order valence-electron chi connectivity index (χ4n) is 6.55. The molecule has 9 rings (SSSR count). The smallest absolute Gasteiger partial charge is 0.136 e. The molecule has 43 heavy (non-hydrogen) atoms. The average Bonchev–Trinajstić information content (AvgIpc) is 3.53. The van der Waals surface area contributed by atoms with Gasteiger partial charge in [-0.2, -0.15) is 0 Å². The van der Waals surface area contributed by atoms with Crippen LogP contribution in [-0.2, 0) is 0 Å². The molecule has 0 saturated heterocycles. The highest BCUT2D eigenvalue weighted by Gasteiger charge is 2.19. The predicted octanol–water partition coefficient (Wildman–Crippen LogP) is 12.0. The van der Waals surface area contributed by atoms with E-state index >= 15 is 0 Å². The Kier molecular flexibility index (Phi) is 3.95. The van der Waals surface area contributed by atoms with Crippen LogP contribution in [0.3, 0.4) is 0 Å². The minimum absolute atomic E-state index is 0.0595. The highest BCUT2D eigenvalue weighted by molar-refractivity contribution is 6.24. The number of benzene rings is 8. The zero-order chi connectivity index (χ0) is 34.4. The highest BCUT2D eigenvalue weighted by atomic mass is 16.3. The van der Waals surface area contributed by atoms with Gasteiger partial charge in [-0.25, -0.2) is 0 Å². The molecule has 0 radical (unpaired) electrons. The van der Waals surface area contributed by atoms with Crippen molar-refractivity contribution in [2.75, 3.05) is 0 Å². The van der Waals surface area contributed by atoms with Gasteiger partial charge in [-0.1, -0.05) is 139 Å². The maximum Gasteiger partial charge on any atom is 0.136 e. The third-order valence-electron chi connectivity index (χ3n) is 8.36. The summed E-state index contributed by atoms with van der Waals surface area (Å²) >= 11 is 0. The van der Waals surface area contributed by atoms with Gasteiger partial charge in [-0.3, -0.25) is 0 Å². The van der Waals surface area contributed by atoms with Crippen molar-refractivity contribution in [1.29, 1.82) is 0 Å². The van der Waals surface area contributed by atoms with Gasteiger partial charge in [0, 0.05) is 10.8 Å². The Morgan fingerprint density at radius 3 is 1.86 bits per heavy atom. The summed E-state index contributed by atoms with van der Waals surface area (Å²) in [4.78, 5) is 0. The van der Waals surface area contributed by atoms with Crippen LogP contribution in [-0.4, -0.2) is 0 Å². The van der Waals surface area contributed by atoms with Crippen molar-refractivity contribution in [2.45, 2.75) is 0 Å². The molecule has 0 unspecified atom stereocenters. The van der Waals surface area contributed by atoms with Crippen LogP contribution in [0.1, 0.15) is 9.60 Å². The van der Waals surface area contributed by atoms with Crippen LogP contribution in [0.4, 0.5) is 0 Å². The van der Waals surface area contributed by atoms with E-state index in [2.05, 4.69) is 30.3 Å². The van der Waals surface area contributed by atoms with Crippen molar-refractivity contribution >= 4 is 54.3 Å². The zero-order valence-corrected chi connectivity index (χ0v) is 22.9. The first-order chi connectivity index (χ1) is 24.3. The second kappa shape index (κ2) is 9.44. The van der Waals surface area contributed by atoms with Crippen molar-refractivity contribution in [3.8, 4) is 33.4 Å². The molecule has 1 aromatic heterocycles. The van der Waals surface area contributed by atoms with Crippen molar-refractivity contribution in [3.05, 3.63) is 158 Å². The van der Waals surface area contributed by atoms with Gasteiger partial charge in [-0.05, 0) is 83.9 Å². The van der Waals surface area contributed by atoms with E-state index in [4.69, 9.17) is 12.6 Å². The van der Waals surface area contributed by atoms with Gasteiger partial charge in [0.1, 0.15) is 11.2 Å². The summed E-state index contributed by atoms with van der Waals surface area (Å²) in [5.74, 6) is 0. The summed E-state index contributed by atoms with van der Waals surface area (Å²) in [6.07, 6.45) is 0. The van der Waals surface area contributed by atoms with Crippen LogP contribution in [0.15, 0.2) is 162 Å². The van der Waals surface area contributed by atoms with E-state index in [0.717, 1.165) is 65.7 Å². The van der Waals surface area contributed by atoms with Crippen molar-refractivity contribution in [2.24, 2.45) is 0 Å². The Labute approximate surface area is 259 Å². The molecule has 0 N–H and O–H groups in total. The lowest BCUT2D eigenvalue weighted by atomic mass is 9.84. The normalized spacial score (nSPS) is 14.0. The molecule has 9 aromatic rings. The molecule has 8 aromatic carbocycles. The standard InChI is InChI=1S/C42H26O/c1-2-12-28(13-3-1)31-21-11-23-39-42(31)37-26-29(24-25-38(37)43-39)40-33-17-6-8-19-35(33)41(36-20-9-7-18-34(36)40)32-22-10-15-27-14-4-5-16-30(27)32/h1-26H/i4D,5D,10D,14D,15D,16D,22D. The Balaban J connectivity index is 1.42. The van der Waals surface area contributed by atoms with Crippen LogP contribution in [0.25, 0.3) is 87.6 Å². The Hall–Kier alpha value is -5.66. The third kappa shape index (κ3) is 3.65. The van der Waals surface area contributed by atoms with E-state index in [1.165, 1.54) is 0 Å². The third-order valence-corrected chi connectivity index (χ3v) is 8.36. The van der Waals surface area contributed by atoms with E-state index < -0.39 is 12.1 Å². The molecule has 0 saturated carbocycles. The van der Waals surface area contributed by atoms with Gasteiger partial charge in [0.05, 0.1) is 9.60 Å². The molecule has 0 amide bonds. The number of furan rings is 1. The maximum absolute atomic E-state index is 9.18. The number of rotatable bonds is 3. The van der Waals surface area contributed by atoms with Crippen LogP contribution < -0.4 is 0 Å². The van der Waals surface area contributed by atoms with Crippen molar-refractivity contribution in [3.63, 3.8) is 0 Å². The summed E-state index contributed by atoms with van der Waals surface area (Å²) in [6, 6.07) is 35.6. The molecule has 0 atom stereocenters. The SMILES string of the molecule is [2H]c1c([2H])c([2H])c2c(-c3c4ccccc4c(-c4ccc5oc6cccc(-c7ccccc7)c6c5c4)c4ccccc34)c([2H])c([2H])c([2H])c2c1[2H]. The summed E-state index contributed by atoms with van der Waals surface area (Å²) in [5, 5.41) is 5.32. The molecule has 0 fully saturated rings. The first-order valence-corrected chi connectivity index (χ1v) is 14.2. The van der Waals surface area contributed by atoms with Crippen molar-refractivity contribution in [1.82, 2.24) is 0 Å². The van der Waals surface area contributed by atoms with E-state index in [0.29, 0.717) is 5.56 Å². The van der Waals surface area contributed by atoms with Crippen LogP contribution in [0.2, 0.25) is 0 Å². The molecule has 1 heterocycles. The van der Waals surface area contributed by atoms with Crippen LogP contribution in [0.5, 0.6) is 0 Å². The summed E-state index contributed by atoms with van der Waals surface area (Å²) in [6.45, 7) is 0. The lowest BCUT2D eigenvalue weighted by Gasteiger charge is -2.18. The van der Waals surface area contributed by atoms with Gasteiger partial charge >= 0.3 is 0 Å². The van der Waals surface area contributed by atoms with Crippen molar-refractivity contribution < 1.29 is 14.0 Å². The van der Waals surface area contributed by atoms with E-state index in [-0.39, 0.29) is 46.5 Å². The number of hydrogen-bond acceptors (Lipinski definition) is 1. The minimum Gasteiger partial charge on any atom is -0.456 e. The second-order valence-corrected chi connectivity index (χ2v) is 10.7. The van der Waals surface area contributed by atoms with Crippen LogP contribution in [0, 0.1) is 0 Å². The van der Waals surface area contributed by atoms with Gasteiger partial charge in [0.2, 0.25) is 0 Å². The average molecular weight is 554 g/mol. The maximum atomic E-state index is 9.18. The van der Waals surface area contributed by atoms with Gasteiger partial charge in [0.15, 0.2) is 0 Å². The molecular weight excluding hydrogens is 520 g/mol.